The van der Waals surface area contributed by atoms with Crippen LogP contribution in [-0.2, 0) is 9.59 Å². The van der Waals surface area contributed by atoms with Crippen molar-refractivity contribution in [1.82, 2.24) is 10.6 Å². The molecule has 2 N–H and O–H groups in total. The minimum atomic E-state index is -1.03. The fourth-order valence-electron chi connectivity index (χ4n) is 4.55. The molecule has 0 bridgehead atoms. The number of furan rings is 2. The topological polar surface area (TPSA) is 105 Å². The number of amides is 3. The van der Waals surface area contributed by atoms with E-state index in [9.17, 15) is 14.4 Å². The van der Waals surface area contributed by atoms with Crippen molar-refractivity contribution in [2.45, 2.75) is 58.5 Å². The maximum atomic E-state index is 13.7. The number of anilines is 1. The van der Waals surface area contributed by atoms with E-state index in [1.54, 1.807) is 25.1 Å². The number of aryl methyl sites for hydroxylation is 3. The van der Waals surface area contributed by atoms with E-state index in [-0.39, 0.29) is 24.3 Å². The Labute approximate surface area is 204 Å². The molecule has 8 nitrogen and oxygen atoms in total. The molecule has 2 heterocycles. The first-order valence-corrected chi connectivity index (χ1v) is 11.9. The van der Waals surface area contributed by atoms with E-state index in [1.807, 2.05) is 32.0 Å². The number of benzene rings is 1. The molecule has 3 amide bonds. The smallest absolute Gasteiger partial charge is 0.287 e. The first-order valence-electron chi connectivity index (χ1n) is 11.9. The number of nitrogens with zero attached hydrogens (tertiary/aromatic N) is 1. The summed E-state index contributed by atoms with van der Waals surface area (Å²) in [5.41, 5.74) is 2.44. The molecule has 1 aromatic carbocycles. The summed E-state index contributed by atoms with van der Waals surface area (Å²) in [6, 6.07) is 11.3. The Kier molecular flexibility index (Phi) is 7.39. The van der Waals surface area contributed by atoms with E-state index in [0.717, 1.165) is 36.8 Å². The maximum absolute atomic E-state index is 13.7. The second-order valence-corrected chi connectivity index (χ2v) is 9.05. The fourth-order valence-corrected chi connectivity index (χ4v) is 4.55. The van der Waals surface area contributed by atoms with Gasteiger partial charge in [-0.15, -0.1) is 0 Å². The summed E-state index contributed by atoms with van der Waals surface area (Å²) in [5.74, 6) is -0.159. The first-order chi connectivity index (χ1) is 16.8. The van der Waals surface area contributed by atoms with Gasteiger partial charge in [0.2, 0.25) is 5.91 Å². The number of nitrogens with one attached hydrogen (secondary N) is 2. The predicted molar refractivity (Wildman–Crippen MR) is 131 cm³/mol. The molecule has 2 aromatic heterocycles. The van der Waals surface area contributed by atoms with Crippen LogP contribution in [0.5, 0.6) is 0 Å². The van der Waals surface area contributed by atoms with Crippen molar-refractivity contribution in [3.8, 4) is 0 Å². The van der Waals surface area contributed by atoms with Gasteiger partial charge < -0.3 is 19.5 Å². The van der Waals surface area contributed by atoms with Crippen molar-refractivity contribution in [1.29, 1.82) is 0 Å². The van der Waals surface area contributed by atoms with Gasteiger partial charge in [-0.05, 0) is 69.5 Å². The zero-order valence-corrected chi connectivity index (χ0v) is 20.3. The number of carbonyl (C=O) groups is 3. The molecule has 3 aromatic rings. The SMILES string of the molecule is Cc1ccc(N(C(=O)CNC(=O)c2ccco2)[C@@H](C(=O)NC2CCCC2)c2ccc(C)o2)c(C)c1. The van der Waals surface area contributed by atoms with Gasteiger partial charge in [-0.2, -0.15) is 0 Å². The molecule has 0 spiro atoms. The standard InChI is InChI=1S/C27H31N3O5/c1-17-10-12-21(18(2)15-17)30(24(31)16-28-26(32)23-9-6-14-34-23)25(22-13-11-19(3)35-22)27(33)29-20-7-4-5-8-20/h6,9-15,20,25H,4-5,7-8,16H2,1-3H3,(H,28,32)(H,29,33)/t25-/m1/s1. The average molecular weight is 478 g/mol. The maximum Gasteiger partial charge on any atom is 0.287 e. The molecular weight excluding hydrogens is 446 g/mol. The van der Waals surface area contributed by atoms with Gasteiger partial charge in [0, 0.05) is 11.7 Å². The zero-order chi connectivity index (χ0) is 24.9. The number of rotatable bonds is 8. The second-order valence-electron chi connectivity index (χ2n) is 9.05. The van der Waals surface area contributed by atoms with Gasteiger partial charge >= 0.3 is 0 Å². The molecule has 0 saturated heterocycles. The van der Waals surface area contributed by atoms with Crippen LogP contribution in [0, 0.1) is 20.8 Å². The Morgan fingerprint density at radius 1 is 1.06 bits per heavy atom. The van der Waals surface area contributed by atoms with Gasteiger partial charge in [0.1, 0.15) is 11.5 Å². The highest BCUT2D eigenvalue weighted by Gasteiger charge is 2.37. The van der Waals surface area contributed by atoms with Crippen molar-refractivity contribution < 1.29 is 23.2 Å². The van der Waals surface area contributed by atoms with Crippen LogP contribution >= 0.6 is 0 Å². The van der Waals surface area contributed by atoms with Crippen molar-refractivity contribution in [3.05, 3.63) is 77.1 Å². The molecule has 1 saturated carbocycles. The summed E-state index contributed by atoms with van der Waals surface area (Å²) in [6.07, 6.45) is 5.34. The van der Waals surface area contributed by atoms with Gasteiger partial charge in [-0.1, -0.05) is 30.5 Å². The van der Waals surface area contributed by atoms with E-state index in [4.69, 9.17) is 8.83 Å². The third-order valence-electron chi connectivity index (χ3n) is 6.26. The highest BCUT2D eigenvalue weighted by molar-refractivity contribution is 6.04. The summed E-state index contributed by atoms with van der Waals surface area (Å²) in [7, 11) is 0. The Balaban J connectivity index is 1.69. The molecule has 35 heavy (non-hydrogen) atoms. The fraction of sp³-hybridized carbons (Fsp3) is 0.370. The molecular formula is C27H31N3O5. The zero-order valence-electron chi connectivity index (χ0n) is 20.3. The van der Waals surface area contributed by atoms with Crippen LogP contribution in [0.4, 0.5) is 5.69 Å². The molecule has 0 unspecified atom stereocenters. The Hall–Kier alpha value is -3.81. The highest BCUT2D eigenvalue weighted by atomic mass is 16.3. The average Bonchev–Trinajstić information content (AvgIpc) is 3.59. The lowest BCUT2D eigenvalue weighted by atomic mass is 10.0. The van der Waals surface area contributed by atoms with Gasteiger partial charge in [-0.3, -0.25) is 19.3 Å². The summed E-state index contributed by atoms with van der Waals surface area (Å²) in [5, 5.41) is 5.72. The normalized spacial score (nSPS) is 14.5. The number of hydrogen-bond acceptors (Lipinski definition) is 5. The van der Waals surface area contributed by atoms with E-state index in [2.05, 4.69) is 10.6 Å². The molecule has 1 aliphatic rings. The molecule has 0 radical (unpaired) electrons. The summed E-state index contributed by atoms with van der Waals surface area (Å²) in [4.78, 5) is 41.2. The lowest BCUT2D eigenvalue weighted by Gasteiger charge is -2.32. The summed E-state index contributed by atoms with van der Waals surface area (Å²) >= 11 is 0. The summed E-state index contributed by atoms with van der Waals surface area (Å²) in [6.45, 7) is 5.33. The van der Waals surface area contributed by atoms with Crippen LogP contribution in [0.15, 0.2) is 57.6 Å². The molecule has 4 rings (SSSR count). The number of hydrogen-bond donors (Lipinski definition) is 2. The molecule has 8 heteroatoms. The highest BCUT2D eigenvalue weighted by Crippen LogP contribution is 2.32. The first kappa shape index (κ1) is 24.3. The van der Waals surface area contributed by atoms with Gasteiger partial charge in [-0.25, -0.2) is 0 Å². The van der Waals surface area contributed by atoms with Crippen LogP contribution in [0.3, 0.4) is 0 Å². The van der Waals surface area contributed by atoms with Crippen molar-refractivity contribution in [2.24, 2.45) is 0 Å². The molecule has 0 aliphatic heterocycles. The van der Waals surface area contributed by atoms with E-state index in [1.165, 1.54) is 17.2 Å². The van der Waals surface area contributed by atoms with E-state index < -0.39 is 17.9 Å². The second kappa shape index (κ2) is 10.6. The van der Waals surface area contributed by atoms with E-state index in [0.29, 0.717) is 17.2 Å². The van der Waals surface area contributed by atoms with Crippen molar-refractivity contribution >= 4 is 23.4 Å². The van der Waals surface area contributed by atoms with Gasteiger partial charge in [0.15, 0.2) is 11.8 Å². The predicted octanol–water partition coefficient (Wildman–Crippen LogP) is 4.36. The minimum absolute atomic E-state index is 0.0655. The largest absolute Gasteiger partial charge is 0.464 e. The quantitative estimate of drug-likeness (QED) is 0.502. The lowest BCUT2D eigenvalue weighted by Crippen LogP contribution is -2.49. The monoisotopic (exact) mass is 477 g/mol. The Bertz CT molecular complexity index is 1190. The molecule has 1 atom stereocenters. The van der Waals surface area contributed by atoms with Gasteiger partial charge in [0.05, 0.1) is 12.8 Å². The van der Waals surface area contributed by atoms with Crippen LogP contribution in [-0.4, -0.2) is 30.3 Å². The molecule has 1 fully saturated rings. The Morgan fingerprint density at radius 3 is 2.46 bits per heavy atom. The molecule has 1 aliphatic carbocycles. The van der Waals surface area contributed by atoms with E-state index >= 15 is 0 Å². The van der Waals surface area contributed by atoms with Gasteiger partial charge in [0.25, 0.3) is 11.8 Å². The van der Waals surface area contributed by atoms with Crippen LogP contribution < -0.4 is 15.5 Å². The third-order valence-corrected chi connectivity index (χ3v) is 6.26. The van der Waals surface area contributed by atoms with Crippen LogP contribution in [0.2, 0.25) is 0 Å². The van der Waals surface area contributed by atoms with Crippen LogP contribution in [0.1, 0.15) is 64.9 Å². The summed E-state index contributed by atoms with van der Waals surface area (Å²) < 4.78 is 11.0. The van der Waals surface area contributed by atoms with Crippen molar-refractivity contribution in [3.63, 3.8) is 0 Å². The number of carbonyl (C=O) groups excluding carboxylic acids is 3. The van der Waals surface area contributed by atoms with Crippen molar-refractivity contribution in [2.75, 3.05) is 11.4 Å². The lowest BCUT2D eigenvalue weighted by molar-refractivity contribution is -0.127. The minimum Gasteiger partial charge on any atom is -0.464 e. The molecule has 184 valence electrons. The third kappa shape index (κ3) is 5.65. The Morgan fingerprint density at radius 2 is 1.83 bits per heavy atom. The van der Waals surface area contributed by atoms with Crippen LogP contribution in [0.25, 0.3) is 0 Å².